The first-order valence-electron chi connectivity index (χ1n) is 11.4. The molecule has 0 unspecified atom stereocenters. The van der Waals surface area contributed by atoms with Crippen LogP contribution in [0, 0.1) is 0 Å². The summed E-state index contributed by atoms with van der Waals surface area (Å²) in [7, 11) is 1.65. The molecule has 168 valence electrons. The number of aromatic nitrogens is 2. The molecule has 6 nitrogen and oxygen atoms in total. The van der Waals surface area contributed by atoms with E-state index in [1.807, 2.05) is 24.3 Å². The molecule has 1 amide bonds. The molecule has 2 aliphatic rings. The number of benzene rings is 1. The molecule has 2 saturated carbocycles. The van der Waals surface area contributed by atoms with Crippen molar-refractivity contribution in [3.8, 4) is 5.75 Å². The molecule has 0 radical (unpaired) electrons. The Morgan fingerprint density at radius 2 is 1.71 bits per heavy atom. The maximum Gasteiger partial charge on any atom is 0.233 e. The molecule has 0 atom stereocenters. The Labute approximate surface area is 193 Å². The number of hydrogen-bond donors (Lipinski definition) is 1. The van der Waals surface area contributed by atoms with Gasteiger partial charge in [0.25, 0.3) is 0 Å². The Bertz CT molecular complexity index is 830. The summed E-state index contributed by atoms with van der Waals surface area (Å²) in [6.45, 7) is 0. The highest BCUT2D eigenvalue weighted by molar-refractivity contribution is 8.01. The molecule has 0 aliphatic heterocycles. The van der Waals surface area contributed by atoms with Gasteiger partial charge < -0.3 is 15.0 Å². The van der Waals surface area contributed by atoms with E-state index < -0.39 is 0 Å². The molecular weight excluding hydrogens is 428 g/mol. The first-order valence-corrected chi connectivity index (χ1v) is 13.2. The summed E-state index contributed by atoms with van der Waals surface area (Å²) in [6.07, 6.45) is 12.3. The van der Waals surface area contributed by atoms with Gasteiger partial charge in [-0.2, -0.15) is 0 Å². The second kappa shape index (κ2) is 11.2. The van der Waals surface area contributed by atoms with Crippen molar-refractivity contribution in [3.63, 3.8) is 0 Å². The van der Waals surface area contributed by atoms with E-state index in [-0.39, 0.29) is 5.91 Å². The molecule has 0 saturated heterocycles. The van der Waals surface area contributed by atoms with Gasteiger partial charge in [-0.25, -0.2) is 0 Å². The molecule has 31 heavy (non-hydrogen) atoms. The number of hydrogen-bond acceptors (Lipinski definition) is 7. The minimum Gasteiger partial charge on any atom is -0.495 e. The Morgan fingerprint density at radius 3 is 2.35 bits per heavy atom. The number of anilines is 2. The lowest BCUT2D eigenvalue weighted by Gasteiger charge is -2.41. The van der Waals surface area contributed by atoms with Crippen LogP contribution >= 0.6 is 23.1 Å². The molecule has 1 N–H and O–H groups in total. The van der Waals surface area contributed by atoms with Gasteiger partial charge in [0.2, 0.25) is 11.0 Å². The van der Waals surface area contributed by atoms with Crippen molar-refractivity contribution >= 4 is 39.8 Å². The number of para-hydroxylation sites is 2. The van der Waals surface area contributed by atoms with Crippen LogP contribution in [0.15, 0.2) is 28.6 Å². The maximum atomic E-state index is 13.3. The number of thioether (sulfide) groups is 1. The third-order valence-electron chi connectivity index (χ3n) is 6.30. The van der Waals surface area contributed by atoms with E-state index in [4.69, 9.17) is 4.74 Å². The summed E-state index contributed by atoms with van der Waals surface area (Å²) in [5, 5.41) is 12.5. The van der Waals surface area contributed by atoms with E-state index in [9.17, 15) is 4.79 Å². The Hall–Kier alpha value is -1.80. The van der Waals surface area contributed by atoms with Crippen LogP contribution in [0.1, 0.15) is 64.2 Å². The molecule has 1 heterocycles. The quantitative estimate of drug-likeness (QED) is 0.497. The van der Waals surface area contributed by atoms with E-state index in [2.05, 4.69) is 20.4 Å². The SMILES string of the molecule is COc1ccccc1Nc1nnc(SCC(=O)N(C2CCCCC2)C2CCCCC2)s1. The second-order valence-electron chi connectivity index (χ2n) is 8.37. The number of carbonyl (C=O) groups excluding carboxylic acids is 1. The Morgan fingerprint density at radius 1 is 1.06 bits per heavy atom. The van der Waals surface area contributed by atoms with Crippen LogP contribution in [-0.2, 0) is 4.79 Å². The largest absolute Gasteiger partial charge is 0.495 e. The van der Waals surface area contributed by atoms with Crippen molar-refractivity contribution in [3.05, 3.63) is 24.3 Å². The van der Waals surface area contributed by atoms with Gasteiger partial charge in [0.05, 0.1) is 18.6 Å². The van der Waals surface area contributed by atoms with E-state index in [1.54, 1.807) is 7.11 Å². The maximum absolute atomic E-state index is 13.3. The average molecular weight is 461 g/mol. The zero-order chi connectivity index (χ0) is 21.5. The highest BCUT2D eigenvalue weighted by Gasteiger charge is 2.32. The number of carbonyl (C=O) groups is 1. The van der Waals surface area contributed by atoms with Crippen molar-refractivity contribution in [2.75, 3.05) is 18.2 Å². The summed E-state index contributed by atoms with van der Waals surface area (Å²) in [5.74, 6) is 1.48. The van der Waals surface area contributed by atoms with Gasteiger partial charge in [-0.05, 0) is 37.8 Å². The number of nitrogens with one attached hydrogen (secondary N) is 1. The van der Waals surface area contributed by atoms with Crippen molar-refractivity contribution in [2.24, 2.45) is 0 Å². The van der Waals surface area contributed by atoms with Crippen LogP contribution in [0.4, 0.5) is 10.8 Å². The van der Waals surface area contributed by atoms with Crippen molar-refractivity contribution in [1.82, 2.24) is 15.1 Å². The van der Waals surface area contributed by atoms with Gasteiger partial charge in [0.15, 0.2) is 4.34 Å². The van der Waals surface area contributed by atoms with E-state index in [0.717, 1.165) is 15.8 Å². The number of methoxy groups -OCH3 is 1. The Kier molecular flexibility index (Phi) is 8.08. The summed E-state index contributed by atoms with van der Waals surface area (Å²) >= 11 is 2.98. The highest BCUT2D eigenvalue weighted by atomic mass is 32.2. The molecule has 0 spiro atoms. The number of rotatable bonds is 8. The predicted molar refractivity (Wildman–Crippen MR) is 128 cm³/mol. The fourth-order valence-corrected chi connectivity index (χ4v) is 6.44. The van der Waals surface area contributed by atoms with Gasteiger partial charge >= 0.3 is 0 Å². The molecule has 0 bridgehead atoms. The van der Waals surface area contributed by atoms with E-state index >= 15 is 0 Å². The first-order chi connectivity index (χ1) is 15.2. The van der Waals surface area contributed by atoms with Crippen LogP contribution in [0.25, 0.3) is 0 Å². The van der Waals surface area contributed by atoms with Crippen LogP contribution in [-0.4, -0.2) is 46.0 Å². The van der Waals surface area contributed by atoms with E-state index in [0.29, 0.717) is 23.0 Å². The third kappa shape index (κ3) is 5.92. The normalized spacial score (nSPS) is 18.0. The standard InChI is InChI=1S/C23H32N4O2S2/c1-29-20-15-9-8-14-19(20)24-22-25-26-23(31-22)30-16-21(28)27(17-10-4-2-5-11-17)18-12-6-3-7-13-18/h8-9,14-15,17-18H,2-7,10-13,16H2,1H3,(H,24,25). The number of ether oxygens (including phenoxy) is 1. The van der Waals surface area contributed by atoms with Gasteiger partial charge in [-0.3, -0.25) is 4.79 Å². The molecule has 1 aromatic carbocycles. The molecule has 2 aliphatic carbocycles. The summed E-state index contributed by atoms with van der Waals surface area (Å²) in [6, 6.07) is 8.60. The lowest BCUT2D eigenvalue weighted by molar-refractivity contribution is -0.135. The molecular formula is C23H32N4O2S2. The van der Waals surface area contributed by atoms with Gasteiger partial charge in [-0.1, -0.05) is 73.8 Å². The van der Waals surface area contributed by atoms with E-state index in [1.165, 1.54) is 87.3 Å². The van der Waals surface area contributed by atoms with Crippen LogP contribution in [0.3, 0.4) is 0 Å². The lowest BCUT2D eigenvalue weighted by Crippen LogP contribution is -2.49. The van der Waals surface area contributed by atoms with Crippen LogP contribution < -0.4 is 10.1 Å². The molecule has 4 rings (SSSR count). The fraction of sp³-hybridized carbons (Fsp3) is 0.609. The van der Waals surface area contributed by atoms with Crippen molar-refractivity contribution in [2.45, 2.75) is 80.6 Å². The second-order valence-corrected chi connectivity index (χ2v) is 10.6. The molecule has 2 aromatic rings. The van der Waals surface area contributed by atoms with Crippen molar-refractivity contribution < 1.29 is 9.53 Å². The monoisotopic (exact) mass is 460 g/mol. The topological polar surface area (TPSA) is 67.3 Å². The summed E-state index contributed by atoms with van der Waals surface area (Å²) in [5.41, 5.74) is 0.856. The minimum atomic E-state index is 0.276. The number of amides is 1. The van der Waals surface area contributed by atoms with Gasteiger partial charge in [-0.15, -0.1) is 10.2 Å². The van der Waals surface area contributed by atoms with Crippen LogP contribution in [0.2, 0.25) is 0 Å². The van der Waals surface area contributed by atoms with Gasteiger partial charge in [0, 0.05) is 12.1 Å². The predicted octanol–water partition coefficient (Wildman–Crippen LogP) is 5.88. The molecule has 2 fully saturated rings. The molecule has 8 heteroatoms. The van der Waals surface area contributed by atoms with Crippen molar-refractivity contribution in [1.29, 1.82) is 0 Å². The first kappa shape index (κ1) is 22.4. The third-order valence-corrected chi connectivity index (χ3v) is 8.26. The smallest absolute Gasteiger partial charge is 0.233 e. The zero-order valence-electron chi connectivity index (χ0n) is 18.2. The number of nitrogens with zero attached hydrogens (tertiary/aromatic N) is 3. The average Bonchev–Trinajstić information content (AvgIpc) is 3.27. The fourth-order valence-electron chi connectivity index (χ4n) is 4.80. The highest BCUT2D eigenvalue weighted by Crippen LogP contribution is 2.34. The zero-order valence-corrected chi connectivity index (χ0v) is 19.8. The molecule has 1 aromatic heterocycles. The summed E-state index contributed by atoms with van der Waals surface area (Å²) in [4.78, 5) is 15.6. The van der Waals surface area contributed by atoms with Crippen LogP contribution in [0.5, 0.6) is 5.75 Å². The van der Waals surface area contributed by atoms with Gasteiger partial charge in [0.1, 0.15) is 5.75 Å². The minimum absolute atomic E-state index is 0.276. The summed E-state index contributed by atoms with van der Waals surface area (Å²) < 4.78 is 6.20. The Balaban J connectivity index is 1.37. The lowest BCUT2D eigenvalue weighted by atomic mass is 9.88.